The van der Waals surface area contributed by atoms with Gasteiger partial charge in [0.25, 0.3) is 5.91 Å². The number of aryl methyl sites for hydroxylation is 1. The zero-order chi connectivity index (χ0) is 26.4. The molecule has 1 atom stereocenters. The summed E-state index contributed by atoms with van der Waals surface area (Å²) in [5.41, 5.74) is 5.36. The van der Waals surface area contributed by atoms with Crippen molar-refractivity contribution >= 4 is 33.7 Å². The summed E-state index contributed by atoms with van der Waals surface area (Å²) in [5, 5.41) is 4.47. The highest BCUT2D eigenvalue weighted by atomic mass is 35.5. The Morgan fingerprint density at radius 2 is 1.92 bits per heavy atom. The first kappa shape index (κ1) is 26.7. The van der Waals surface area contributed by atoms with E-state index in [0.29, 0.717) is 41.5 Å². The summed E-state index contributed by atoms with van der Waals surface area (Å²) in [6, 6.07) is 18.4. The van der Waals surface area contributed by atoms with Crippen molar-refractivity contribution in [2.75, 3.05) is 13.7 Å². The number of nitrogens with one attached hydrogen (secondary N) is 1. The van der Waals surface area contributed by atoms with Crippen LogP contribution in [0.1, 0.15) is 29.5 Å². The number of hydrogen-bond donors (Lipinski definition) is 1. The van der Waals surface area contributed by atoms with Crippen LogP contribution in [0, 0.1) is 6.92 Å². The summed E-state index contributed by atoms with van der Waals surface area (Å²) in [4.78, 5) is 12.9. The van der Waals surface area contributed by atoms with Gasteiger partial charge in [-0.3, -0.25) is 4.79 Å². The Morgan fingerprint density at radius 3 is 2.65 bits per heavy atom. The molecule has 1 amide bonds. The van der Waals surface area contributed by atoms with Crippen LogP contribution in [0.25, 0.3) is 0 Å². The molecule has 0 radical (unpaired) electrons. The average molecular weight is 542 g/mol. The minimum Gasteiger partial charge on any atom is -0.493 e. The van der Waals surface area contributed by atoms with Gasteiger partial charge in [0.05, 0.1) is 18.2 Å². The number of ether oxygens (including phenoxy) is 2. The van der Waals surface area contributed by atoms with Crippen molar-refractivity contribution in [3.8, 4) is 11.5 Å². The molecule has 1 N–H and O–H groups in total. The van der Waals surface area contributed by atoms with Crippen molar-refractivity contribution in [1.29, 1.82) is 0 Å². The van der Waals surface area contributed by atoms with Crippen LogP contribution >= 0.6 is 11.6 Å². The van der Waals surface area contributed by atoms with Crippen LogP contribution in [0.3, 0.4) is 0 Å². The Morgan fingerprint density at radius 1 is 1.14 bits per heavy atom. The molecule has 0 unspecified atom stereocenters. The van der Waals surface area contributed by atoms with Crippen LogP contribution in [-0.4, -0.2) is 44.5 Å². The second-order valence-electron chi connectivity index (χ2n) is 8.65. The van der Waals surface area contributed by atoms with Gasteiger partial charge in [-0.15, -0.1) is 0 Å². The third kappa shape index (κ3) is 6.49. The van der Waals surface area contributed by atoms with Gasteiger partial charge in [-0.1, -0.05) is 41.4 Å². The fourth-order valence-electron chi connectivity index (χ4n) is 4.12. The number of hydrazone groups is 1. The lowest BCUT2D eigenvalue weighted by Crippen LogP contribution is -2.44. The second-order valence-corrected chi connectivity index (χ2v) is 11.0. The SMILES string of the molecule is COc1cc(/C=N\NC(=O)[C@H]2CCCN2S(=O)(=O)c2ccc(Cl)cc2)ccc1OCc1cccc(C)c1. The summed E-state index contributed by atoms with van der Waals surface area (Å²) in [5.74, 6) is 0.620. The zero-order valence-electron chi connectivity index (χ0n) is 20.6. The molecule has 1 aliphatic rings. The van der Waals surface area contributed by atoms with E-state index in [1.807, 2.05) is 25.1 Å². The van der Waals surface area contributed by atoms with Crippen LogP contribution in [-0.2, 0) is 21.4 Å². The van der Waals surface area contributed by atoms with E-state index < -0.39 is 22.0 Å². The first-order valence-corrected chi connectivity index (χ1v) is 13.6. The zero-order valence-corrected chi connectivity index (χ0v) is 22.1. The van der Waals surface area contributed by atoms with Gasteiger partial charge < -0.3 is 9.47 Å². The third-order valence-electron chi connectivity index (χ3n) is 5.98. The van der Waals surface area contributed by atoms with E-state index in [9.17, 15) is 13.2 Å². The number of hydrogen-bond acceptors (Lipinski definition) is 6. The number of carbonyl (C=O) groups excluding carboxylic acids is 1. The van der Waals surface area contributed by atoms with Gasteiger partial charge in [-0.25, -0.2) is 13.8 Å². The summed E-state index contributed by atoms with van der Waals surface area (Å²) >= 11 is 5.88. The van der Waals surface area contributed by atoms with E-state index in [1.165, 1.54) is 34.8 Å². The normalized spacial score (nSPS) is 16.1. The van der Waals surface area contributed by atoms with Gasteiger partial charge >= 0.3 is 0 Å². The molecule has 0 aliphatic carbocycles. The van der Waals surface area contributed by atoms with Crippen LogP contribution in [0.2, 0.25) is 5.02 Å². The molecule has 4 rings (SSSR count). The standard InChI is InChI=1S/C27H28ClN3O5S/c1-19-5-3-6-21(15-19)18-36-25-13-8-20(16-26(25)35-2)17-29-30-27(32)24-7-4-14-31(24)37(33,34)23-11-9-22(28)10-12-23/h3,5-6,8-13,15-17,24H,4,7,14,18H2,1-2H3,(H,30,32)/b29-17-/t24-/m1/s1. The van der Waals surface area contributed by atoms with E-state index in [1.54, 1.807) is 25.3 Å². The molecular weight excluding hydrogens is 514 g/mol. The minimum atomic E-state index is -3.84. The van der Waals surface area contributed by atoms with E-state index >= 15 is 0 Å². The van der Waals surface area contributed by atoms with E-state index in [2.05, 4.69) is 16.6 Å². The predicted molar refractivity (Wildman–Crippen MR) is 143 cm³/mol. The fourth-order valence-corrected chi connectivity index (χ4v) is 5.91. The Bertz CT molecular complexity index is 1390. The van der Waals surface area contributed by atoms with Gasteiger partial charge in [0.1, 0.15) is 12.6 Å². The molecule has 1 fully saturated rings. The summed E-state index contributed by atoms with van der Waals surface area (Å²) in [6.45, 7) is 2.69. The Hall–Kier alpha value is -3.40. The third-order valence-corrected chi connectivity index (χ3v) is 8.15. The molecule has 0 aromatic heterocycles. The van der Waals surface area contributed by atoms with Gasteiger partial charge in [-0.2, -0.15) is 9.41 Å². The largest absolute Gasteiger partial charge is 0.493 e. The van der Waals surface area contributed by atoms with Crippen LogP contribution in [0.5, 0.6) is 11.5 Å². The molecule has 0 saturated carbocycles. The molecule has 0 bridgehead atoms. The van der Waals surface area contributed by atoms with Gasteiger partial charge in [0, 0.05) is 11.6 Å². The highest BCUT2D eigenvalue weighted by molar-refractivity contribution is 7.89. The van der Waals surface area contributed by atoms with Crippen molar-refractivity contribution in [3.05, 3.63) is 88.4 Å². The number of halogens is 1. The maximum atomic E-state index is 13.1. The summed E-state index contributed by atoms with van der Waals surface area (Å²) in [6.07, 6.45) is 2.46. The van der Waals surface area contributed by atoms with E-state index in [-0.39, 0.29) is 11.4 Å². The molecule has 3 aromatic carbocycles. The van der Waals surface area contributed by atoms with Gasteiger partial charge in [0.15, 0.2) is 11.5 Å². The summed E-state index contributed by atoms with van der Waals surface area (Å²) < 4.78 is 38.7. The molecule has 0 spiro atoms. The highest BCUT2D eigenvalue weighted by Gasteiger charge is 2.39. The molecule has 194 valence electrons. The van der Waals surface area contributed by atoms with Crippen LogP contribution in [0.4, 0.5) is 0 Å². The topological polar surface area (TPSA) is 97.3 Å². The number of nitrogens with zero attached hydrogens (tertiary/aromatic N) is 2. The van der Waals surface area contributed by atoms with Gasteiger partial charge in [0.2, 0.25) is 10.0 Å². The van der Waals surface area contributed by atoms with E-state index in [0.717, 1.165) is 11.1 Å². The highest BCUT2D eigenvalue weighted by Crippen LogP contribution is 2.29. The predicted octanol–water partition coefficient (Wildman–Crippen LogP) is 4.54. The van der Waals surface area contributed by atoms with Crippen LogP contribution < -0.4 is 14.9 Å². The second kappa shape index (κ2) is 11.8. The van der Waals surface area contributed by atoms with Crippen molar-refractivity contribution in [2.45, 2.75) is 37.3 Å². The van der Waals surface area contributed by atoms with Crippen molar-refractivity contribution in [3.63, 3.8) is 0 Å². The molecular formula is C27H28ClN3O5S. The number of benzene rings is 3. The summed E-state index contributed by atoms with van der Waals surface area (Å²) in [7, 11) is -2.29. The maximum absolute atomic E-state index is 13.1. The smallest absolute Gasteiger partial charge is 0.258 e. The van der Waals surface area contributed by atoms with Crippen molar-refractivity contribution < 1.29 is 22.7 Å². The lowest BCUT2D eigenvalue weighted by molar-refractivity contribution is -0.124. The number of carbonyl (C=O) groups is 1. The van der Waals surface area contributed by atoms with Gasteiger partial charge in [-0.05, 0) is 73.4 Å². The first-order valence-electron chi connectivity index (χ1n) is 11.7. The Balaban J connectivity index is 1.39. The molecule has 37 heavy (non-hydrogen) atoms. The molecule has 3 aromatic rings. The van der Waals surface area contributed by atoms with E-state index in [4.69, 9.17) is 21.1 Å². The number of sulfonamides is 1. The number of amides is 1. The van der Waals surface area contributed by atoms with Crippen molar-refractivity contribution in [2.24, 2.45) is 5.10 Å². The van der Waals surface area contributed by atoms with Crippen molar-refractivity contribution in [1.82, 2.24) is 9.73 Å². The lowest BCUT2D eigenvalue weighted by atomic mass is 10.1. The molecule has 1 saturated heterocycles. The molecule has 1 heterocycles. The maximum Gasteiger partial charge on any atom is 0.258 e. The lowest BCUT2D eigenvalue weighted by Gasteiger charge is -2.22. The average Bonchev–Trinajstić information content (AvgIpc) is 3.39. The molecule has 10 heteroatoms. The van der Waals surface area contributed by atoms with Crippen LogP contribution in [0.15, 0.2) is 76.7 Å². The first-order chi connectivity index (χ1) is 17.8. The minimum absolute atomic E-state index is 0.0944. The monoisotopic (exact) mass is 541 g/mol. The molecule has 1 aliphatic heterocycles. The quantitative estimate of drug-likeness (QED) is 0.317. The fraction of sp³-hybridized carbons (Fsp3) is 0.259. The number of rotatable bonds is 9. The Kier molecular flexibility index (Phi) is 8.48. The molecule has 8 nitrogen and oxygen atoms in total. The Labute approximate surface area is 221 Å². The number of methoxy groups -OCH3 is 1.